The van der Waals surface area contributed by atoms with Gasteiger partial charge in [-0.25, -0.2) is 0 Å². The maximum absolute atomic E-state index is 11.6. The van der Waals surface area contributed by atoms with Crippen molar-refractivity contribution in [2.24, 2.45) is 0 Å². The summed E-state index contributed by atoms with van der Waals surface area (Å²) in [5.41, 5.74) is 1.24. The predicted molar refractivity (Wildman–Crippen MR) is 55.0 cm³/mol. The molecule has 1 aliphatic rings. The van der Waals surface area contributed by atoms with E-state index in [1.54, 1.807) is 0 Å². The molecule has 2 rings (SSSR count). The molecule has 1 aromatic carbocycles. The van der Waals surface area contributed by atoms with Crippen LogP contribution in [0.4, 0.5) is 0 Å². The van der Waals surface area contributed by atoms with Crippen molar-refractivity contribution in [3.05, 3.63) is 29.8 Å². The van der Waals surface area contributed by atoms with Crippen LogP contribution in [0.2, 0.25) is 0 Å². The van der Waals surface area contributed by atoms with Crippen LogP contribution in [0, 0.1) is 0 Å². The molecule has 1 aromatic rings. The summed E-state index contributed by atoms with van der Waals surface area (Å²) >= 11 is 1.40. The fourth-order valence-electron chi connectivity index (χ4n) is 1.73. The van der Waals surface area contributed by atoms with Crippen LogP contribution in [-0.4, -0.2) is 5.12 Å². The second kappa shape index (κ2) is 3.54. The minimum absolute atomic E-state index is 0.159. The zero-order valence-corrected chi connectivity index (χ0v) is 8.43. The first-order valence-corrected chi connectivity index (χ1v) is 5.45. The van der Waals surface area contributed by atoms with Crippen molar-refractivity contribution in [2.45, 2.75) is 30.6 Å². The number of thioether (sulfide) groups is 1. The monoisotopic (exact) mass is 192 g/mol. The molecule has 0 fully saturated rings. The van der Waals surface area contributed by atoms with Crippen LogP contribution in [-0.2, 0) is 4.79 Å². The molecule has 0 radical (unpaired) electrons. The molecular weight excluding hydrogens is 180 g/mol. The van der Waals surface area contributed by atoms with Gasteiger partial charge >= 0.3 is 0 Å². The average Bonchev–Trinajstić information content (AvgIpc) is 2.44. The number of hydrogen-bond acceptors (Lipinski definition) is 2. The Morgan fingerprint density at radius 2 is 2.15 bits per heavy atom. The molecule has 0 spiro atoms. The lowest BCUT2D eigenvalue weighted by Gasteiger charge is -2.05. The Morgan fingerprint density at radius 3 is 2.92 bits per heavy atom. The first kappa shape index (κ1) is 8.82. The number of rotatable bonds is 2. The van der Waals surface area contributed by atoms with Gasteiger partial charge in [-0.3, -0.25) is 4.79 Å². The summed E-state index contributed by atoms with van der Waals surface area (Å²) in [6, 6.07) is 8.12. The second-order valence-corrected chi connectivity index (χ2v) is 4.35. The van der Waals surface area contributed by atoms with Crippen molar-refractivity contribution in [3.63, 3.8) is 0 Å². The van der Waals surface area contributed by atoms with Crippen LogP contribution < -0.4 is 0 Å². The summed E-state index contributed by atoms with van der Waals surface area (Å²) in [5, 5.41) is 0.322. The fourth-order valence-corrected chi connectivity index (χ4v) is 2.81. The Labute approximate surface area is 82.5 Å². The van der Waals surface area contributed by atoms with E-state index < -0.39 is 0 Å². The fraction of sp³-hybridized carbons (Fsp3) is 0.364. The highest BCUT2D eigenvalue weighted by Gasteiger charge is 2.29. The molecule has 1 unspecified atom stereocenters. The van der Waals surface area contributed by atoms with Crippen LogP contribution in [0.5, 0.6) is 0 Å². The van der Waals surface area contributed by atoms with Gasteiger partial charge in [0.05, 0.1) is 5.92 Å². The number of carbonyl (C=O) groups excluding carboxylic acids is 1. The van der Waals surface area contributed by atoms with Crippen molar-refractivity contribution in [2.75, 3.05) is 0 Å². The van der Waals surface area contributed by atoms with Gasteiger partial charge in [0.15, 0.2) is 0 Å². The molecule has 1 heterocycles. The Balaban J connectivity index is 2.35. The van der Waals surface area contributed by atoms with E-state index >= 15 is 0 Å². The van der Waals surface area contributed by atoms with Crippen LogP contribution >= 0.6 is 11.8 Å². The van der Waals surface area contributed by atoms with Gasteiger partial charge in [0.1, 0.15) is 0 Å². The first-order valence-electron chi connectivity index (χ1n) is 4.63. The summed E-state index contributed by atoms with van der Waals surface area (Å²) in [6.45, 7) is 2.12. The highest BCUT2D eigenvalue weighted by molar-refractivity contribution is 8.14. The summed E-state index contributed by atoms with van der Waals surface area (Å²) in [4.78, 5) is 12.7. The third kappa shape index (κ3) is 1.51. The maximum Gasteiger partial charge on any atom is 0.201 e. The summed E-state index contributed by atoms with van der Waals surface area (Å²) in [7, 11) is 0. The zero-order valence-electron chi connectivity index (χ0n) is 7.62. The van der Waals surface area contributed by atoms with Gasteiger partial charge in [-0.15, -0.1) is 0 Å². The van der Waals surface area contributed by atoms with E-state index in [1.807, 2.05) is 18.2 Å². The van der Waals surface area contributed by atoms with E-state index in [4.69, 9.17) is 0 Å². The molecule has 0 saturated heterocycles. The van der Waals surface area contributed by atoms with E-state index in [2.05, 4.69) is 13.0 Å². The smallest absolute Gasteiger partial charge is 0.201 e. The lowest BCUT2D eigenvalue weighted by molar-refractivity contribution is -0.112. The third-order valence-electron chi connectivity index (χ3n) is 2.37. The minimum atomic E-state index is 0.159. The number of fused-ring (bicyclic) bond motifs is 1. The Bertz CT molecular complexity index is 333. The maximum atomic E-state index is 11.6. The normalized spacial score (nSPS) is 20.4. The molecule has 68 valence electrons. The number of hydrogen-bond donors (Lipinski definition) is 0. The van der Waals surface area contributed by atoms with Gasteiger partial charge in [-0.2, -0.15) is 0 Å². The molecule has 1 nitrogen and oxygen atoms in total. The van der Waals surface area contributed by atoms with Crippen molar-refractivity contribution in [1.82, 2.24) is 0 Å². The minimum Gasteiger partial charge on any atom is -0.286 e. The van der Waals surface area contributed by atoms with Crippen LogP contribution in [0.3, 0.4) is 0 Å². The molecule has 0 amide bonds. The molecule has 0 bridgehead atoms. The standard InChI is InChI=1S/C11H12OS/c1-2-5-9-8-6-3-4-7-10(8)13-11(9)12/h3-4,6-7,9H,2,5H2,1H3. The van der Waals surface area contributed by atoms with Crippen molar-refractivity contribution >= 4 is 16.9 Å². The molecule has 0 aliphatic carbocycles. The molecule has 0 saturated carbocycles. The molecule has 0 aromatic heterocycles. The quantitative estimate of drug-likeness (QED) is 0.715. The van der Waals surface area contributed by atoms with E-state index in [1.165, 1.54) is 17.3 Å². The van der Waals surface area contributed by atoms with Crippen LogP contribution in [0.1, 0.15) is 31.2 Å². The third-order valence-corrected chi connectivity index (χ3v) is 3.44. The summed E-state index contributed by atoms with van der Waals surface area (Å²) < 4.78 is 0. The lowest BCUT2D eigenvalue weighted by atomic mass is 9.96. The topological polar surface area (TPSA) is 17.1 Å². The van der Waals surface area contributed by atoms with Gasteiger partial charge in [-0.1, -0.05) is 43.3 Å². The van der Waals surface area contributed by atoms with E-state index in [0.29, 0.717) is 5.12 Å². The van der Waals surface area contributed by atoms with Crippen molar-refractivity contribution < 1.29 is 4.79 Å². The molecule has 1 atom stereocenters. The molecule has 13 heavy (non-hydrogen) atoms. The van der Waals surface area contributed by atoms with Gasteiger partial charge in [0.2, 0.25) is 5.12 Å². The van der Waals surface area contributed by atoms with Crippen LogP contribution in [0.15, 0.2) is 29.2 Å². The summed E-state index contributed by atoms with van der Waals surface area (Å²) in [5.74, 6) is 0.159. The molecule has 0 N–H and O–H groups in total. The Kier molecular flexibility index (Phi) is 2.40. The SMILES string of the molecule is CCCC1C(=O)Sc2ccccc21. The molecule has 2 heteroatoms. The van der Waals surface area contributed by atoms with E-state index in [0.717, 1.165) is 17.7 Å². The zero-order chi connectivity index (χ0) is 9.26. The van der Waals surface area contributed by atoms with E-state index in [-0.39, 0.29) is 5.92 Å². The highest BCUT2D eigenvalue weighted by atomic mass is 32.2. The van der Waals surface area contributed by atoms with Gasteiger partial charge in [0.25, 0.3) is 0 Å². The Hall–Kier alpha value is -0.760. The first-order chi connectivity index (χ1) is 6.33. The lowest BCUT2D eigenvalue weighted by Crippen LogP contribution is -2.01. The highest BCUT2D eigenvalue weighted by Crippen LogP contribution is 2.42. The number of carbonyl (C=O) groups is 1. The Morgan fingerprint density at radius 1 is 1.38 bits per heavy atom. The van der Waals surface area contributed by atoms with Gasteiger partial charge in [-0.05, 0) is 18.1 Å². The average molecular weight is 192 g/mol. The largest absolute Gasteiger partial charge is 0.286 e. The second-order valence-electron chi connectivity index (χ2n) is 3.30. The molecule has 1 aliphatic heterocycles. The van der Waals surface area contributed by atoms with E-state index in [9.17, 15) is 4.79 Å². The van der Waals surface area contributed by atoms with Crippen molar-refractivity contribution in [3.8, 4) is 0 Å². The van der Waals surface area contributed by atoms with Gasteiger partial charge < -0.3 is 0 Å². The molecular formula is C11H12OS. The predicted octanol–water partition coefficient (Wildman–Crippen LogP) is 3.20. The summed E-state index contributed by atoms with van der Waals surface area (Å²) in [6.07, 6.45) is 2.06. The number of benzene rings is 1. The van der Waals surface area contributed by atoms with Crippen LogP contribution in [0.25, 0.3) is 0 Å². The van der Waals surface area contributed by atoms with Crippen molar-refractivity contribution in [1.29, 1.82) is 0 Å². The van der Waals surface area contributed by atoms with Gasteiger partial charge in [0, 0.05) is 4.90 Å².